The first-order chi connectivity index (χ1) is 18.7. The van der Waals surface area contributed by atoms with Crippen molar-refractivity contribution in [3.63, 3.8) is 0 Å². The molecule has 0 spiro atoms. The van der Waals surface area contributed by atoms with Crippen LogP contribution >= 0.6 is 0 Å². The van der Waals surface area contributed by atoms with E-state index in [0.29, 0.717) is 11.5 Å². The van der Waals surface area contributed by atoms with Crippen LogP contribution in [-0.4, -0.2) is 64.4 Å². The first-order valence-corrected chi connectivity index (χ1v) is 13.5. The summed E-state index contributed by atoms with van der Waals surface area (Å²) in [6, 6.07) is 17.5. The molecule has 3 aromatic carbocycles. The number of sulfonamides is 1. The number of rotatable bonds is 10. The highest BCUT2D eigenvalue weighted by atomic mass is 32.2. The second-order valence-electron chi connectivity index (χ2n) is 8.69. The number of imide groups is 1. The molecule has 1 aliphatic rings. The molecule has 0 bridgehead atoms. The van der Waals surface area contributed by atoms with Crippen LogP contribution in [0.4, 0.5) is 5.69 Å². The van der Waals surface area contributed by atoms with E-state index in [0.717, 1.165) is 14.8 Å². The van der Waals surface area contributed by atoms with Crippen LogP contribution in [0.15, 0.2) is 77.7 Å². The first-order valence-electron chi connectivity index (χ1n) is 12.0. The molecule has 0 aromatic heterocycles. The van der Waals surface area contributed by atoms with Gasteiger partial charge in [-0.2, -0.15) is 4.31 Å². The van der Waals surface area contributed by atoms with E-state index in [1.54, 1.807) is 36.4 Å². The Morgan fingerprint density at radius 1 is 0.923 bits per heavy atom. The molecule has 0 radical (unpaired) electrons. The zero-order valence-corrected chi connectivity index (χ0v) is 22.5. The van der Waals surface area contributed by atoms with Crippen LogP contribution in [0.1, 0.15) is 22.3 Å². The fraction of sp³-hybridized carbons (Fsp3) is 0.250. The molecule has 11 heteroatoms. The van der Waals surface area contributed by atoms with Gasteiger partial charge < -0.3 is 14.2 Å². The van der Waals surface area contributed by atoms with Gasteiger partial charge >= 0.3 is 5.97 Å². The van der Waals surface area contributed by atoms with E-state index in [9.17, 15) is 22.8 Å². The van der Waals surface area contributed by atoms with Crippen molar-refractivity contribution in [1.29, 1.82) is 0 Å². The van der Waals surface area contributed by atoms with Gasteiger partial charge in [-0.3, -0.25) is 9.59 Å². The average Bonchev–Trinajstić information content (AvgIpc) is 3.25. The van der Waals surface area contributed by atoms with Crippen LogP contribution in [0, 0.1) is 0 Å². The Bertz CT molecular complexity index is 1470. The summed E-state index contributed by atoms with van der Waals surface area (Å²) in [7, 11) is 0.118. The normalized spacial score (nSPS) is 15.5. The van der Waals surface area contributed by atoms with E-state index in [1.807, 2.05) is 0 Å². The van der Waals surface area contributed by atoms with E-state index in [-0.39, 0.29) is 35.5 Å². The number of methoxy groups -OCH3 is 3. The number of hydrogen-bond donors (Lipinski definition) is 0. The largest absolute Gasteiger partial charge is 0.493 e. The SMILES string of the molecule is COC(=O)c1ccc(N2C(=O)CC(N(CCc3ccc(OC)c(OC)c3)S(=O)(=O)c3ccccc3)C2=O)cc1. The van der Waals surface area contributed by atoms with Crippen molar-refractivity contribution < 1.29 is 37.0 Å². The van der Waals surface area contributed by atoms with Crippen molar-refractivity contribution in [1.82, 2.24) is 4.31 Å². The minimum atomic E-state index is -4.15. The van der Waals surface area contributed by atoms with Crippen molar-refractivity contribution in [3.05, 3.63) is 83.9 Å². The Balaban J connectivity index is 1.66. The van der Waals surface area contributed by atoms with Crippen molar-refractivity contribution in [2.45, 2.75) is 23.8 Å². The van der Waals surface area contributed by atoms with Crippen LogP contribution in [0.3, 0.4) is 0 Å². The summed E-state index contributed by atoms with van der Waals surface area (Å²) < 4.78 is 43.9. The molecule has 0 saturated carbocycles. The third-order valence-corrected chi connectivity index (χ3v) is 8.36. The Kier molecular flexibility index (Phi) is 8.32. The number of carbonyl (C=O) groups excluding carboxylic acids is 3. The van der Waals surface area contributed by atoms with Crippen LogP contribution in [-0.2, 0) is 30.8 Å². The maximum Gasteiger partial charge on any atom is 0.337 e. The quantitative estimate of drug-likeness (QED) is 0.278. The number of carbonyl (C=O) groups is 3. The maximum absolute atomic E-state index is 13.8. The minimum Gasteiger partial charge on any atom is -0.493 e. The predicted octanol–water partition coefficient (Wildman–Crippen LogP) is 3.06. The Labute approximate surface area is 226 Å². The Morgan fingerprint density at radius 2 is 1.59 bits per heavy atom. The second kappa shape index (κ2) is 11.7. The van der Waals surface area contributed by atoms with E-state index < -0.39 is 33.8 Å². The molecule has 39 heavy (non-hydrogen) atoms. The van der Waals surface area contributed by atoms with Crippen molar-refractivity contribution >= 4 is 33.5 Å². The minimum absolute atomic E-state index is 0.0124. The number of benzene rings is 3. The summed E-state index contributed by atoms with van der Waals surface area (Å²) in [4.78, 5) is 39.3. The van der Waals surface area contributed by atoms with Gasteiger partial charge in [0.1, 0.15) is 6.04 Å². The van der Waals surface area contributed by atoms with Gasteiger partial charge in [-0.1, -0.05) is 24.3 Å². The highest BCUT2D eigenvalue weighted by Gasteiger charge is 2.46. The molecular weight excluding hydrogens is 524 g/mol. The van der Waals surface area contributed by atoms with E-state index >= 15 is 0 Å². The highest BCUT2D eigenvalue weighted by molar-refractivity contribution is 7.89. The molecule has 1 fully saturated rings. The third-order valence-electron chi connectivity index (χ3n) is 6.44. The second-order valence-corrected chi connectivity index (χ2v) is 10.6. The molecule has 10 nitrogen and oxygen atoms in total. The van der Waals surface area contributed by atoms with Crippen LogP contribution in [0.2, 0.25) is 0 Å². The van der Waals surface area contributed by atoms with Crippen LogP contribution in [0.5, 0.6) is 11.5 Å². The van der Waals surface area contributed by atoms with Crippen molar-refractivity contribution in [3.8, 4) is 11.5 Å². The smallest absolute Gasteiger partial charge is 0.337 e. The molecule has 2 amide bonds. The average molecular weight is 553 g/mol. The lowest BCUT2D eigenvalue weighted by Crippen LogP contribution is -2.46. The fourth-order valence-corrected chi connectivity index (χ4v) is 6.03. The Hall–Kier alpha value is -4.22. The molecule has 4 rings (SSSR count). The third kappa shape index (κ3) is 5.64. The molecule has 0 aliphatic carbocycles. The molecular formula is C28H28N2O8S. The van der Waals surface area contributed by atoms with Gasteiger partial charge in [0, 0.05) is 6.54 Å². The predicted molar refractivity (Wildman–Crippen MR) is 142 cm³/mol. The molecule has 1 saturated heterocycles. The molecule has 1 atom stereocenters. The molecule has 0 N–H and O–H groups in total. The fourth-order valence-electron chi connectivity index (χ4n) is 4.42. The number of nitrogens with zero attached hydrogens (tertiary/aromatic N) is 2. The van der Waals surface area contributed by atoms with Gasteiger partial charge in [0.2, 0.25) is 15.9 Å². The topological polar surface area (TPSA) is 120 Å². The lowest BCUT2D eigenvalue weighted by atomic mass is 10.1. The van der Waals surface area contributed by atoms with Gasteiger partial charge in [0.05, 0.1) is 43.9 Å². The van der Waals surface area contributed by atoms with Crippen LogP contribution < -0.4 is 14.4 Å². The summed E-state index contributed by atoms with van der Waals surface area (Å²) >= 11 is 0. The van der Waals surface area contributed by atoms with Crippen molar-refractivity contribution in [2.75, 3.05) is 32.8 Å². The maximum atomic E-state index is 13.8. The van der Waals surface area contributed by atoms with Gasteiger partial charge in [0.15, 0.2) is 11.5 Å². The van der Waals surface area contributed by atoms with E-state index in [1.165, 1.54) is 57.7 Å². The first kappa shape index (κ1) is 27.8. The highest BCUT2D eigenvalue weighted by Crippen LogP contribution is 2.31. The van der Waals surface area contributed by atoms with Gasteiger partial charge in [0.25, 0.3) is 5.91 Å². The lowest BCUT2D eigenvalue weighted by molar-refractivity contribution is -0.122. The number of hydrogen-bond acceptors (Lipinski definition) is 8. The number of esters is 1. The van der Waals surface area contributed by atoms with Gasteiger partial charge in [-0.25, -0.2) is 18.1 Å². The summed E-state index contributed by atoms with van der Waals surface area (Å²) in [5.74, 6) is -0.761. The molecule has 1 unspecified atom stereocenters. The van der Waals surface area contributed by atoms with E-state index in [4.69, 9.17) is 9.47 Å². The van der Waals surface area contributed by atoms with Gasteiger partial charge in [-0.05, 0) is 60.5 Å². The zero-order chi connectivity index (χ0) is 28.2. The summed E-state index contributed by atoms with van der Waals surface area (Å²) in [5, 5.41) is 0. The summed E-state index contributed by atoms with van der Waals surface area (Å²) in [6.07, 6.45) is -0.0756. The molecule has 1 aliphatic heterocycles. The summed E-state index contributed by atoms with van der Waals surface area (Å²) in [5.41, 5.74) is 1.24. The number of anilines is 1. The molecule has 204 valence electrons. The molecule has 3 aromatic rings. The van der Waals surface area contributed by atoms with E-state index in [2.05, 4.69) is 4.74 Å². The lowest BCUT2D eigenvalue weighted by Gasteiger charge is -2.27. The van der Waals surface area contributed by atoms with Crippen LogP contribution in [0.25, 0.3) is 0 Å². The molecule has 1 heterocycles. The number of ether oxygens (including phenoxy) is 3. The monoisotopic (exact) mass is 552 g/mol. The Morgan fingerprint density at radius 3 is 2.21 bits per heavy atom. The summed E-state index contributed by atoms with van der Waals surface area (Å²) in [6.45, 7) is -0.0640. The standard InChI is InChI=1S/C28H28N2O8S/c1-36-24-14-9-19(17-25(24)37-2)15-16-29(39(34,35)22-7-5-4-6-8-22)23-18-26(31)30(27(23)32)21-12-10-20(11-13-21)28(33)38-3/h4-14,17,23H,15-16,18H2,1-3H3. The van der Waals surface area contributed by atoms with Gasteiger partial charge in [-0.15, -0.1) is 0 Å². The number of amides is 2. The van der Waals surface area contributed by atoms with Crippen molar-refractivity contribution in [2.24, 2.45) is 0 Å². The zero-order valence-electron chi connectivity index (χ0n) is 21.7.